The molecule has 0 saturated carbocycles. The molecule has 0 fully saturated rings. The average Bonchev–Trinajstić information content (AvgIpc) is 2.89. The van der Waals surface area contributed by atoms with E-state index in [4.69, 9.17) is 15.2 Å². The van der Waals surface area contributed by atoms with Crippen LogP contribution in [0.1, 0.15) is 36.5 Å². The van der Waals surface area contributed by atoms with Crippen LogP contribution in [-0.2, 0) is 35.8 Å². The SMILES string of the molecule is COC(=O)C1=C(C(=O)OC)N(c2cccc3c2CNC(=O)C3(C)C)C(N)=C(C#N)C1c1ccccc1. The van der Waals surface area contributed by atoms with Gasteiger partial charge in [-0.3, -0.25) is 9.69 Å². The lowest BCUT2D eigenvalue weighted by Gasteiger charge is -2.39. The lowest BCUT2D eigenvalue weighted by molar-refractivity contribution is -0.139. The summed E-state index contributed by atoms with van der Waals surface area (Å²) in [6.45, 7) is 3.76. The van der Waals surface area contributed by atoms with E-state index in [0.29, 0.717) is 16.8 Å². The van der Waals surface area contributed by atoms with Gasteiger partial charge >= 0.3 is 11.9 Å². The summed E-state index contributed by atoms with van der Waals surface area (Å²) in [6.07, 6.45) is 0. The average molecular weight is 487 g/mol. The smallest absolute Gasteiger partial charge is 0.355 e. The van der Waals surface area contributed by atoms with Gasteiger partial charge in [0.2, 0.25) is 5.91 Å². The molecule has 0 bridgehead atoms. The van der Waals surface area contributed by atoms with Crippen molar-refractivity contribution in [3.8, 4) is 6.07 Å². The van der Waals surface area contributed by atoms with Crippen LogP contribution in [0.25, 0.3) is 0 Å². The summed E-state index contributed by atoms with van der Waals surface area (Å²) in [5.74, 6) is -2.75. The molecular formula is C27H26N4O5. The van der Waals surface area contributed by atoms with Gasteiger partial charge in [-0.25, -0.2) is 9.59 Å². The predicted molar refractivity (Wildman–Crippen MR) is 131 cm³/mol. The van der Waals surface area contributed by atoms with E-state index in [9.17, 15) is 19.6 Å². The van der Waals surface area contributed by atoms with Crippen LogP contribution in [-0.4, -0.2) is 32.1 Å². The number of amides is 1. The Balaban J connectivity index is 2.09. The van der Waals surface area contributed by atoms with Crippen molar-refractivity contribution in [3.05, 3.63) is 87.9 Å². The van der Waals surface area contributed by atoms with Crippen molar-refractivity contribution in [1.82, 2.24) is 5.32 Å². The predicted octanol–water partition coefficient (Wildman–Crippen LogP) is 2.49. The second-order valence-corrected chi connectivity index (χ2v) is 8.95. The number of methoxy groups -OCH3 is 2. The van der Waals surface area contributed by atoms with Gasteiger partial charge in [0.1, 0.15) is 11.5 Å². The third-order valence-corrected chi connectivity index (χ3v) is 6.67. The molecule has 2 aliphatic rings. The van der Waals surface area contributed by atoms with Crippen LogP contribution in [0.3, 0.4) is 0 Å². The van der Waals surface area contributed by atoms with Crippen molar-refractivity contribution >= 4 is 23.5 Å². The van der Waals surface area contributed by atoms with Gasteiger partial charge < -0.3 is 20.5 Å². The molecule has 1 unspecified atom stereocenters. The maximum atomic E-state index is 13.3. The first kappa shape index (κ1) is 24.5. The van der Waals surface area contributed by atoms with E-state index < -0.39 is 23.3 Å². The molecule has 2 aromatic rings. The monoisotopic (exact) mass is 486 g/mol. The van der Waals surface area contributed by atoms with E-state index in [1.165, 1.54) is 19.1 Å². The number of hydrogen-bond acceptors (Lipinski definition) is 8. The van der Waals surface area contributed by atoms with Crippen molar-refractivity contribution in [2.45, 2.75) is 31.7 Å². The number of benzene rings is 2. The van der Waals surface area contributed by atoms with Crippen LogP contribution in [0.15, 0.2) is 71.2 Å². The van der Waals surface area contributed by atoms with Crippen molar-refractivity contribution in [1.29, 1.82) is 5.26 Å². The van der Waals surface area contributed by atoms with Gasteiger partial charge in [0, 0.05) is 6.54 Å². The second kappa shape index (κ2) is 9.23. The standard InChI is InChI=1S/C27H26N4O5/c1-27(2)18-11-8-12-19(17(18)14-30-26(27)34)31-22(25(33)36-4)21(24(32)35-3)20(16(13-28)23(31)29)15-9-6-5-7-10-15/h5-12,20H,14,29H2,1-4H3,(H,30,34). The maximum absolute atomic E-state index is 13.3. The number of carbonyl (C=O) groups is 3. The quantitative estimate of drug-likeness (QED) is 0.630. The van der Waals surface area contributed by atoms with Crippen LogP contribution >= 0.6 is 0 Å². The minimum absolute atomic E-state index is 0.0255. The Labute approximate surface area is 208 Å². The van der Waals surface area contributed by atoms with E-state index in [1.807, 2.05) is 6.07 Å². The van der Waals surface area contributed by atoms with Crippen LogP contribution < -0.4 is 16.0 Å². The van der Waals surface area contributed by atoms with Crippen molar-refractivity contribution in [2.75, 3.05) is 19.1 Å². The summed E-state index contributed by atoms with van der Waals surface area (Å²) in [7, 11) is 2.40. The molecule has 0 radical (unpaired) electrons. The molecule has 2 aliphatic heterocycles. The van der Waals surface area contributed by atoms with E-state index in [-0.39, 0.29) is 35.1 Å². The van der Waals surface area contributed by atoms with Gasteiger partial charge in [-0.1, -0.05) is 42.5 Å². The first-order valence-electron chi connectivity index (χ1n) is 11.2. The molecule has 184 valence electrons. The highest BCUT2D eigenvalue weighted by Crippen LogP contribution is 2.45. The summed E-state index contributed by atoms with van der Waals surface area (Å²) in [5.41, 5.74) is 8.07. The minimum atomic E-state index is -0.954. The van der Waals surface area contributed by atoms with Crippen molar-refractivity contribution in [2.24, 2.45) is 5.73 Å². The molecule has 0 spiro atoms. The van der Waals surface area contributed by atoms with Gasteiger partial charge in [0.15, 0.2) is 0 Å². The number of nitriles is 1. The fraction of sp³-hybridized carbons (Fsp3) is 0.259. The lowest BCUT2D eigenvalue weighted by Crippen LogP contribution is -2.46. The number of nitrogens with zero attached hydrogens (tertiary/aromatic N) is 2. The van der Waals surface area contributed by atoms with Crippen LogP contribution in [0.2, 0.25) is 0 Å². The van der Waals surface area contributed by atoms with Gasteiger partial charge in [-0.2, -0.15) is 5.26 Å². The number of esters is 2. The summed E-state index contributed by atoms with van der Waals surface area (Å²) < 4.78 is 10.2. The number of nitrogens with one attached hydrogen (secondary N) is 1. The van der Waals surface area contributed by atoms with Crippen LogP contribution in [0.4, 0.5) is 5.69 Å². The first-order chi connectivity index (χ1) is 17.2. The Kier molecular flexibility index (Phi) is 6.29. The maximum Gasteiger partial charge on any atom is 0.355 e. The summed E-state index contributed by atoms with van der Waals surface area (Å²) in [6, 6.07) is 16.2. The fourth-order valence-electron chi connectivity index (χ4n) is 4.83. The van der Waals surface area contributed by atoms with Gasteiger partial charge in [-0.15, -0.1) is 0 Å². The largest absolute Gasteiger partial charge is 0.466 e. The highest BCUT2D eigenvalue weighted by Gasteiger charge is 2.45. The molecule has 9 heteroatoms. The first-order valence-corrected chi connectivity index (χ1v) is 11.2. The molecular weight excluding hydrogens is 460 g/mol. The Morgan fingerprint density at radius 1 is 1.08 bits per heavy atom. The van der Waals surface area contributed by atoms with Crippen LogP contribution in [0.5, 0.6) is 0 Å². The molecule has 2 heterocycles. The third kappa shape index (κ3) is 3.67. The van der Waals surface area contributed by atoms with Gasteiger partial charge in [-0.05, 0) is 36.6 Å². The van der Waals surface area contributed by atoms with Crippen LogP contribution in [0, 0.1) is 11.3 Å². The molecule has 36 heavy (non-hydrogen) atoms. The van der Waals surface area contributed by atoms with Crippen molar-refractivity contribution < 1.29 is 23.9 Å². The third-order valence-electron chi connectivity index (χ3n) is 6.67. The zero-order valence-corrected chi connectivity index (χ0v) is 20.4. The zero-order chi connectivity index (χ0) is 26.2. The number of allylic oxidation sites excluding steroid dienone is 1. The molecule has 3 N–H and O–H groups in total. The number of rotatable bonds is 4. The van der Waals surface area contributed by atoms with E-state index in [0.717, 1.165) is 5.56 Å². The highest BCUT2D eigenvalue weighted by atomic mass is 16.5. The molecule has 0 aliphatic carbocycles. The Hall–Kier alpha value is -4.58. The molecule has 0 aromatic heterocycles. The molecule has 9 nitrogen and oxygen atoms in total. The zero-order valence-electron chi connectivity index (χ0n) is 20.4. The lowest BCUT2D eigenvalue weighted by atomic mass is 9.77. The Morgan fingerprint density at radius 2 is 1.75 bits per heavy atom. The normalized spacial score (nSPS) is 18.7. The molecule has 1 atom stereocenters. The molecule has 0 saturated heterocycles. The van der Waals surface area contributed by atoms with E-state index >= 15 is 0 Å². The summed E-state index contributed by atoms with van der Waals surface area (Å²) in [5, 5.41) is 13.1. The Morgan fingerprint density at radius 3 is 2.36 bits per heavy atom. The minimum Gasteiger partial charge on any atom is -0.466 e. The topological polar surface area (TPSA) is 135 Å². The molecule has 2 aromatic carbocycles. The van der Waals surface area contributed by atoms with E-state index in [1.54, 1.807) is 56.3 Å². The number of fused-ring (bicyclic) bond motifs is 1. The number of anilines is 1. The molecule has 4 rings (SSSR count). The number of hydrogen-bond donors (Lipinski definition) is 2. The number of nitrogens with two attached hydrogens (primary N) is 1. The highest BCUT2D eigenvalue weighted by molar-refractivity contribution is 6.06. The second-order valence-electron chi connectivity index (χ2n) is 8.95. The number of carbonyl (C=O) groups excluding carboxylic acids is 3. The molecule has 1 amide bonds. The van der Waals surface area contributed by atoms with Gasteiger partial charge in [0.05, 0.1) is 48.5 Å². The number of ether oxygens (including phenoxy) is 2. The van der Waals surface area contributed by atoms with Gasteiger partial charge in [0.25, 0.3) is 0 Å². The van der Waals surface area contributed by atoms with E-state index in [2.05, 4.69) is 11.4 Å². The Bertz CT molecular complexity index is 1370. The summed E-state index contributed by atoms with van der Waals surface area (Å²) >= 11 is 0. The van der Waals surface area contributed by atoms with Crippen molar-refractivity contribution in [3.63, 3.8) is 0 Å². The summed E-state index contributed by atoms with van der Waals surface area (Å²) in [4.78, 5) is 40.4. The fourth-order valence-corrected chi connectivity index (χ4v) is 4.83.